The fourth-order valence-electron chi connectivity index (χ4n) is 3.18. The third-order valence-corrected chi connectivity index (χ3v) is 4.72. The number of carbonyl (C=O) groups excluding carboxylic acids is 1. The molecule has 4 nitrogen and oxygen atoms in total. The molecule has 0 aliphatic rings. The Labute approximate surface area is 151 Å². The molecule has 4 heteroatoms. The first-order valence-electron chi connectivity index (χ1n) is 9.28. The predicted molar refractivity (Wildman–Crippen MR) is 101 cm³/mol. The van der Waals surface area contributed by atoms with Crippen LogP contribution in [0.5, 0.6) is 5.75 Å². The lowest BCUT2D eigenvalue weighted by Gasteiger charge is -2.06. The highest BCUT2D eigenvalue weighted by Crippen LogP contribution is 2.18. The van der Waals surface area contributed by atoms with E-state index >= 15 is 0 Å². The maximum Gasteiger partial charge on any atom is 0.251 e. The second kappa shape index (κ2) is 9.40. The van der Waals surface area contributed by atoms with Crippen LogP contribution in [0.25, 0.3) is 0 Å². The van der Waals surface area contributed by atoms with Gasteiger partial charge in [0.25, 0.3) is 5.91 Å². The van der Waals surface area contributed by atoms with E-state index in [0.29, 0.717) is 6.42 Å². The molecule has 0 bridgehead atoms. The van der Waals surface area contributed by atoms with Crippen LogP contribution in [0.4, 0.5) is 0 Å². The van der Waals surface area contributed by atoms with Crippen LogP contribution in [-0.4, -0.2) is 22.8 Å². The third kappa shape index (κ3) is 5.18. The number of methoxy groups -OCH3 is 1. The number of nitrogens with zero attached hydrogens (tertiary/aromatic N) is 2. The molecule has 136 valence electrons. The summed E-state index contributed by atoms with van der Waals surface area (Å²) in [5, 5.41) is 4.50. The van der Waals surface area contributed by atoms with Crippen molar-refractivity contribution in [2.24, 2.45) is 0 Å². The zero-order chi connectivity index (χ0) is 18.2. The minimum Gasteiger partial charge on any atom is -0.497 e. The van der Waals surface area contributed by atoms with Gasteiger partial charge in [0.15, 0.2) is 0 Å². The number of carbonyl (C=O) groups is 1. The molecule has 1 heterocycles. The zero-order valence-corrected chi connectivity index (χ0v) is 16.0. The van der Waals surface area contributed by atoms with E-state index in [0.717, 1.165) is 29.1 Å². The summed E-state index contributed by atoms with van der Waals surface area (Å²) in [5.74, 6) is 0.815. The van der Waals surface area contributed by atoms with Crippen LogP contribution < -0.4 is 4.74 Å². The molecule has 1 aromatic heterocycles. The van der Waals surface area contributed by atoms with Gasteiger partial charge in [-0.05, 0) is 49.9 Å². The molecule has 0 N–H and O–H groups in total. The van der Waals surface area contributed by atoms with Crippen molar-refractivity contribution in [2.75, 3.05) is 7.11 Å². The van der Waals surface area contributed by atoms with Crippen molar-refractivity contribution < 1.29 is 9.53 Å². The molecule has 2 aromatic rings. The molecule has 0 amide bonds. The van der Waals surface area contributed by atoms with Crippen LogP contribution in [0.15, 0.2) is 24.3 Å². The molecule has 0 aliphatic heterocycles. The van der Waals surface area contributed by atoms with Gasteiger partial charge in [0, 0.05) is 5.69 Å². The first kappa shape index (κ1) is 19.2. The maximum atomic E-state index is 12.6. The number of benzene rings is 1. The fourth-order valence-corrected chi connectivity index (χ4v) is 3.18. The van der Waals surface area contributed by atoms with E-state index in [1.165, 1.54) is 37.7 Å². The zero-order valence-electron chi connectivity index (χ0n) is 16.0. The van der Waals surface area contributed by atoms with Crippen molar-refractivity contribution in [1.82, 2.24) is 9.78 Å². The lowest BCUT2D eigenvalue weighted by atomic mass is 10.0. The summed E-state index contributed by atoms with van der Waals surface area (Å²) in [6, 6.07) is 7.62. The summed E-state index contributed by atoms with van der Waals surface area (Å²) in [5.41, 5.74) is 4.18. The van der Waals surface area contributed by atoms with Crippen LogP contribution in [0.3, 0.4) is 0 Å². The summed E-state index contributed by atoms with van der Waals surface area (Å²) in [7, 11) is 1.64. The molecule has 1 aromatic carbocycles. The fraction of sp³-hybridized carbons (Fsp3) is 0.524. The Morgan fingerprint density at radius 1 is 1.08 bits per heavy atom. The highest BCUT2D eigenvalue weighted by atomic mass is 16.5. The SMILES string of the molecule is CCCCCCCc1c(C)nn(C(=O)Cc2ccc(OC)cc2)c1C. The van der Waals surface area contributed by atoms with Crippen LogP contribution >= 0.6 is 0 Å². The first-order chi connectivity index (χ1) is 12.1. The number of ether oxygens (including phenoxy) is 1. The normalized spacial score (nSPS) is 10.9. The quantitative estimate of drug-likeness (QED) is 0.609. The van der Waals surface area contributed by atoms with E-state index in [9.17, 15) is 4.79 Å². The van der Waals surface area contributed by atoms with Crippen molar-refractivity contribution in [3.05, 3.63) is 46.8 Å². The van der Waals surface area contributed by atoms with E-state index in [4.69, 9.17) is 4.74 Å². The molecular weight excluding hydrogens is 312 g/mol. The average Bonchev–Trinajstić information content (AvgIpc) is 2.90. The number of unbranched alkanes of at least 4 members (excludes halogenated alkanes) is 4. The molecule has 0 aliphatic carbocycles. The topological polar surface area (TPSA) is 44.1 Å². The lowest BCUT2D eigenvalue weighted by molar-refractivity contribution is 0.0895. The predicted octanol–water partition coefficient (Wildman–Crippen LogP) is 4.90. The van der Waals surface area contributed by atoms with Gasteiger partial charge in [-0.2, -0.15) is 5.10 Å². The van der Waals surface area contributed by atoms with Gasteiger partial charge in [-0.25, -0.2) is 4.68 Å². The van der Waals surface area contributed by atoms with Crippen molar-refractivity contribution in [1.29, 1.82) is 0 Å². The van der Waals surface area contributed by atoms with Crippen molar-refractivity contribution in [3.63, 3.8) is 0 Å². The summed E-state index contributed by atoms with van der Waals surface area (Å²) < 4.78 is 6.74. The molecule has 0 spiro atoms. The monoisotopic (exact) mass is 342 g/mol. The number of hydrogen-bond donors (Lipinski definition) is 0. The smallest absolute Gasteiger partial charge is 0.251 e. The van der Waals surface area contributed by atoms with E-state index in [1.54, 1.807) is 11.8 Å². The molecule has 0 fully saturated rings. The number of hydrogen-bond acceptors (Lipinski definition) is 3. The third-order valence-electron chi connectivity index (χ3n) is 4.72. The highest BCUT2D eigenvalue weighted by molar-refractivity contribution is 5.81. The van der Waals surface area contributed by atoms with Crippen LogP contribution in [0.2, 0.25) is 0 Å². The van der Waals surface area contributed by atoms with E-state index in [1.807, 2.05) is 38.1 Å². The summed E-state index contributed by atoms with van der Waals surface area (Å²) in [6.45, 7) is 6.24. The molecule has 0 atom stereocenters. The highest BCUT2D eigenvalue weighted by Gasteiger charge is 2.16. The van der Waals surface area contributed by atoms with Crippen LogP contribution in [-0.2, 0) is 12.8 Å². The molecule has 0 saturated heterocycles. The van der Waals surface area contributed by atoms with Crippen LogP contribution in [0, 0.1) is 13.8 Å². The molecule has 2 rings (SSSR count). The van der Waals surface area contributed by atoms with Gasteiger partial charge in [-0.15, -0.1) is 0 Å². The minimum atomic E-state index is 0.0167. The molecular formula is C21H30N2O2. The lowest BCUT2D eigenvalue weighted by Crippen LogP contribution is -2.16. The Morgan fingerprint density at radius 3 is 2.40 bits per heavy atom. The Morgan fingerprint density at radius 2 is 1.76 bits per heavy atom. The minimum absolute atomic E-state index is 0.0167. The van der Waals surface area contributed by atoms with Gasteiger partial charge >= 0.3 is 0 Å². The number of aryl methyl sites for hydroxylation is 1. The van der Waals surface area contributed by atoms with Gasteiger partial charge in [0.2, 0.25) is 0 Å². The number of rotatable bonds is 9. The van der Waals surface area contributed by atoms with E-state index in [-0.39, 0.29) is 5.91 Å². The van der Waals surface area contributed by atoms with Crippen molar-refractivity contribution in [3.8, 4) is 5.75 Å². The molecule has 0 saturated carbocycles. The Balaban J connectivity index is 2.00. The van der Waals surface area contributed by atoms with Crippen molar-refractivity contribution in [2.45, 2.75) is 65.7 Å². The Hall–Kier alpha value is -2.10. The van der Waals surface area contributed by atoms with Gasteiger partial charge in [-0.1, -0.05) is 44.7 Å². The molecule has 0 unspecified atom stereocenters. The van der Waals surface area contributed by atoms with E-state index in [2.05, 4.69) is 12.0 Å². The average molecular weight is 342 g/mol. The Bertz CT molecular complexity index is 687. The second-order valence-corrected chi connectivity index (χ2v) is 6.64. The molecule has 25 heavy (non-hydrogen) atoms. The van der Waals surface area contributed by atoms with Gasteiger partial charge in [0.05, 0.1) is 19.2 Å². The number of aromatic nitrogens is 2. The standard InChI is InChI=1S/C21H30N2O2/c1-5-6-7-8-9-10-20-16(2)22-23(17(20)3)21(24)15-18-11-13-19(25-4)14-12-18/h11-14H,5-10,15H2,1-4H3. The van der Waals surface area contributed by atoms with Crippen LogP contribution in [0.1, 0.15) is 66.3 Å². The summed E-state index contributed by atoms with van der Waals surface area (Å²) in [6.07, 6.45) is 7.63. The van der Waals surface area contributed by atoms with Gasteiger partial charge in [0.1, 0.15) is 5.75 Å². The van der Waals surface area contributed by atoms with Gasteiger partial charge < -0.3 is 4.74 Å². The summed E-state index contributed by atoms with van der Waals surface area (Å²) in [4.78, 5) is 12.6. The second-order valence-electron chi connectivity index (χ2n) is 6.64. The Kier molecular flexibility index (Phi) is 7.23. The molecule has 0 radical (unpaired) electrons. The largest absolute Gasteiger partial charge is 0.497 e. The first-order valence-corrected chi connectivity index (χ1v) is 9.28. The van der Waals surface area contributed by atoms with E-state index < -0.39 is 0 Å². The maximum absolute atomic E-state index is 12.6. The summed E-state index contributed by atoms with van der Waals surface area (Å²) >= 11 is 0. The van der Waals surface area contributed by atoms with Crippen molar-refractivity contribution >= 4 is 5.91 Å². The van der Waals surface area contributed by atoms with Gasteiger partial charge in [-0.3, -0.25) is 4.79 Å².